The molecule has 98 valence electrons. The van der Waals surface area contributed by atoms with Gasteiger partial charge in [-0.05, 0) is 34.1 Å². The summed E-state index contributed by atoms with van der Waals surface area (Å²) >= 11 is 2.95. The first-order valence-electron chi connectivity index (χ1n) is 4.83. The van der Waals surface area contributed by atoms with E-state index in [1.165, 1.54) is 12.1 Å². The highest BCUT2D eigenvalue weighted by Crippen LogP contribution is 2.26. The Morgan fingerprint density at radius 1 is 1.26 bits per heavy atom. The Kier molecular flexibility index (Phi) is 3.34. The number of hydrogen-bond donors (Lipinski definition) is 2. The van der Waals surface area contributed by atoms with Crippen LogP contribution in [0.4, 0.5) is 4.39 Å². The lowest BCUT2D eigenvalue weighted by atomic mass is 10.2. The topological polar surface area (TPSA) is 101 Å². The zero-order valence-corrected chi connectivity index (χ0v) is 10.6. The van der Waals surface area contributed by atoms with E-state index < -0.39 is 29.2 Å². The molecule has 0 spiro atoms. The van der Waals surface area contributed by atoms with Crippen LogP contribution in [-0.2, 0) is 0 Å². The maximum Gasteiger partial charge on any atom is 0.374 e. The molecule has 0 atom stereocenters. The standard InChI is InChI=1S/C11H5BrFNO5/c12-5-3-4(1-2-6(5)13)9-14-7(10(15)16)8(19-9)11(17)18/h1-3H,(H,15,16)(H,17,18). The fraction of sp³-hybridized carbons (Fsp3) is 0. The van der Waals surface area contributed by atoms with Gasteiger partial charge < -0.3 is 14.6 Å². The monoisotopic (exact) mass is 329 g/mol. The smallest absolute Gasteiger partial charge is 0.374 e. The van der Waals surface area contributed by atoms with Crippen molar-refractivity contribution in [3.63, 3.8) is 0 Å². The molecule has 0 radical (unpaired) electrons. The maximum absolute atomic E-state index is 13.1. The lowest BCUT2D eigenvalue weighted by Gasteiger charge is -1.97. The Morgan fingerprint density at radius 3 is 2.42 bits per heavy atom. The highest BCUT2D eigenvalue weighted by molar-refractivity contribution is 9.10. The highest BCUT2D eigenvalue weighted by Gasteiger charge is 2.25. The van der Waals surface area contributed by atoms with Crippen molar-refractivity contribution in [1.82, 2.24) is 4.98 Å². The number of aromatic carboxylic acids is 2. The zero-order chi connectivity index (χ0) is 14.2. The van der Waals surface area contributed by atoms with Crippen LogP contribution < -0.4 is 0 Å². The van der Waals surface area contributed by atoms with Gasteiger partial charge in [-0.15, -0.1) is 0 Å². The number of halogens is 2. The third-order valence-corrected chi connectivity index (χ3v) is 2.80. The average molecular weight is 330 g/mol. The van der Waals surface area contributed by atoms with Gasteiger partial charge in [0.1, 0.15) is 5.82 Å². The molecule has 0 saturated heterocycles. The molecular weight excluding hydrogens is 325 g/mol. The van der Waals surface area contributed by atoms with E-state index >= 15 is 0 Å². The summed E-state index contributed by atoms with van der Waals surface area (Å²) in [5.41, 5.74) is -0.453. The summed E-state index contributed by atoms with van der Waals surface area (Å²) in [5.74, 6) is -4.57. The fourth-order valence-electron chi connectivity index (χ4n) is 1.36. The first-order valence-corrected chi connectivity index (χ1v) is 5.62. The molecule has 1 aromatic heterocycles. The number of benzene rings is 1. The second kappa shape index (κ2) is 4.81. The molecular formula is C11H5BrFNO5. The summed E-state index contributed by atoms with van der Waals surface area (Å²) in [5, 5.41) is 17.6. The number of rotatable bonds is 3. The van der Waals surface area contributed by atoms with Crippen LogP contribution in [0.25, 0.3) is 11.5 Å². The number of aromatic nitrogens is 1. The predicted octanol–water partition coefficient (Wildman–Crippen LogP) is 2.64. The second-order valence-corrected chi connectivity index (χ2v) is 4.29. The van der Waals surface area contributed by atoms with E-state index in [9.17, 15) is 14.0 Å². The molecule has 19 heavy (non-hydrogen) atoms. The van der Waals surface area contributed by atoms with Gasteiger partial charge in [0.15, 0.2) is 0 Å². The number of carboxylic acid groups (broad SMARTS) is 2. The summed E-state index contributed by atoms with van der Waals surface area (Å²) in [4.78, 5) is 25.2. The Hall–Kier alpha value is -2.22. The van der Waals surface area contributed by atoms with Gasteiger partial charge in [0.05, 0.1) is 4.47 Å². The van der Waals surface area contributed by atoms with Crippen molar-refractivity contribution in [1.29, 1.82) is 0 Å². The highest BCUT2D eigenvalue weighted by atomic mass is 79.9. The molecule has 0 unspecified atom stereocenters. The van der Waals surface area contributed by atoms with Crippen LogP contribution in [0, 0.1) is 5.82 Å². The SMILES string of the molecule is O=C(O)c1nc(-c2ccc(F)c(Br)c2)oc1C(=O)O. The quantitative estimate of drug-likeness (QED) is 0.897. The number of carbonyl (C=O) groups is 2. The second-order valence-electron chi connectivity index (χ2n) is 3.44. The van der Waals surface area contributed by atoms with Crippen molar-refractivity contribution < 1.29 is 28.6 Å². The van der Waals surface area contributed by atoms with E-state index in [0.29, 0.717) is 0 Å². The zero-order valence-electron chi connectivity index (χ0n) is 9.05. The summed E-state index contributed by atoms with van der Waals surface area (Å²) in [6, 6.07) is 3.71. The Morgan fingerprint density at radius 2 is 1.95 bits per heavy atom. The van der Waals surface area contributed by atoms with Gasteiger partial charge in [-0.2, -0.15) is 0 Å². The molecule has 0 saturated carbocycles. The van der Waals surface area contributed by atoms with Crippen LogP contribution in [0.5, 0.6) is 0 Å². The Bertz CT molecular complexity index is 650. The van der Waals surface area contributed by atoms with Crippen molar-refractivity contribution in [3.05, 3.63) is 39.9 Å². The van der Waals surface area contributed by atoms with Gasteiger partial charge in [-0.1, -0.05) is 0 Å². The molecule has 1 aromatic carbocycles. The Balaban J connectivity index is 2.57. The van der Waals surface area contributed by atoms with Gasteiger partial charge in [-0.25, -0.2) is 19.0 Å². The summed E-state index contributed by atoms with van der Waals surface area (Å²) < 4.78 is 18.1. The molecule has 1 heterocycles. The largest absolute Gasteiger partial charge is 0.476 e. The van der Waals surface area contributed by atoms with Gasteiger partial charge in [0.2, 0.25) is 17.3 Å². The summed E-state index contributed by atoms with van der Waals surface area (Å²) in [6.45, 7) is 0. The van der Waals surface area contributed by atoms with Crippen molar-refractivity contribution in [2.75, 3.05) is 0 Å². The molecule has 2 rings (SSSR count). The molecule has 2 N–H and O–H groups in total. The van der Waals surface area contributed by atoms with E-state index in [2.05, 4.69) is 20.9 Å². The van der Waals surface area contributed by atoms with E-state index in [4.69, 9.17) is 14.6 Å². The van der Waals surface area contributed by atoms with Crippen molar-refractivity contribution >= 4 is 27.9 Å². The number of hydrogen-bond acceptors (Lipinski definition) is 4. The van der Waals surface area contributed by atoms with Crippen molar-refractivity contribution in [2.45, 2.75) is 0 Å². The number of carboxylic acids is 2. The predicted molar refractivity (Wildman–Crippen MR) is 63.5 cm³/mol. The van der Waals surface area contributed by atoms with Crippen LogP contribution >= 0.6 is 15.9 Å². The lowest BCUT2D eigenvalue weighted by molar-refractivity contribution is 0.0624. The molecule has 0 amide bonds. The minimum Gasteiger partial charge on any atom is -0.476 e. The molecule has 0 aliphatic carbocycles. The fourth-order valence-corrected chi connectivity index (χ4v) is 1.74. The van der Waals surface area contributed by atoms with Crippen LogP contribution in [0.2, 0.25) is 0 Å². The van der Waals surface area contributed by atoms with Crippen LogP contribution in [0.1, 0.15) is 21.0 Å². The lowest BCUT2D eigenvalue weighted by Crippen LogP contribution is -2.05. The van der Waals surface area contributed by atoms with E-state index in [-0.39, 0.29) is 15.9 Å². The van der Waals surface area contributed by atoms with Gasteiger partial charge in [0, 0.05) is 5.56 Å². The Labute approximate surface area is 113 Å². The van der Waals surface area contributed by atoms with Crippen LogP contribution in [-0.4, -0.2) is 27.1 Å². The minimum atomic E-state index is -1.54. The van der Waals surface area contributed by atoms with E-state index in [1.54, 1.807) is 0 Å². The minimum absolute atomic E-state index is 0.122. The average Bonchev–Trinajstić information content (AvgIpc) is 2.78. The van der Waals surface area contributed by atoms with Crippen LogP contribution in [0.15, 0.2) is 27.1 Å². The van der Waals surface area contributed by atoms with Crippen molar-refractivity contribution in [2.24, 2.45) is 0 Å². The van der Waals surface area contributed by atoms with E-state index in [0.717, 1.165) is 6.07 Å². The summed E-state index contributed by atoms with van der Waals surface area (Å²) in [6.07, 6.45) is 0. The molecule has 2 aromatic rings. The molecule has 6 nitrogen and oxygen atoms in total. The van der Waals surface area contributed by atoms with Gasteiger partial charge >= 0.3 is 11.9 Å². The molecule has 0 fully saturated rings. The van der Waals surface area contributed by atoms with Gasteiger partial charge in [0.25, 0.3) is 0 Å². The molecule has 0 bridgehead atoms. The van der Waals surface area contributed by atoms with Gasteiger partial charge in [-0.3, -0.25) is 0 Å². The third-order valence-electron chi connectivity index (χ3n) is 2.19. The summed E-state index contributed by atoms with van der Waals surface area (Å²) in [7, 11) is 0. The normalized spacial score (nSPS) is 10.4. The van der Waals surface area contributed by atoms with Crippen molar-refractivity contribution in [3.8, 4) is 11.5 Å². The van der Waals surface area contributed by atoms with E-state index in [1.807, 2.05) is 0 Å². The molecule has 0 aliphatic heterocycles. The number of oxazole rings is 1. The molecule has 0 aliphatic rings. The molecule has 8 heteroatoms. The third kappa shape index (κ3) is 2.48. The first kappa shape index (κ1) is 13.2. The first-order chi connectivity index (χ1) is 8.90. The number of nitrogens with zero attached hydrogens (tertiary/aromatic N) is 1. The van der Waals surface area contributed by atoms with Crippen LogP contribution in [0.3, 0.4) is 0 Å². The maximum atomic E-state index is 13.1.